The number of benzene rings is 2. The van der Waals surface area contributed by atoms with Gasteiger partial charge in [-0.3, -0.25) is 0 Å². The van der Waals surface area contributed by atoms with Gasteiger partial charge in [-0.15, -0.1) is 10.2 Å². The molecule has 0 bridgehead atoms. The van der Waals surface area contributed by atoms with Crippen LogP contribution in [0.3, 0.4) is 0 Å². The second kappa shape index (κ2) is 8.33. The van der Waals surface area contributed by atoms with Gasteiger partial charge >= 0.3 is 0 Å². The highest BCUT2D eigenvalue weighted by Gasteiger charge is 2.12. The van der Waals surface area contributed by atoms with E-state index in [1.165, 1.54) is 5.56 Å². The molecule has 11 heteroatoms. The molecule has 29 heavy (non-hydrogen) atoms. The van der Waals surface area contributed by atoms with Crippen LogP contribution in [-0.4, -0.2) is 47.9 Å². The molecule has 0 saturated heterocycles. The maximum Gasteiger partial charge on any atom is 0.263 e. The fourth-order valence-corrected chi connectivity index (χ4v) is 2.68. The van der Waals surface area contributed by atoms with Crippen molar-refractivity contribution in [3.8, 4) is 17.2 Å². The van der Waals surface area contributed by atoms with E-state index in [4.69, 9.17) is 9.47 Å². The summed E-state index contributed by atoms with van der Waals surface area (Å²) in [5.41, 5.74) is 3.01. The summed E-state index contributed by atoms with van der Waals surface area (Å²) in [6.45, 7) is 2.74. The van der Waals surface area contributed by atoms with Crippen LogP contribution in [0.15, 0.2) is 42.5 Å². The van der Waals surface area contributed by atoms with Crippen molar-refractivity contribution >= 4 is 5.95 Å². The SMILES string of the molecule is COc1cc(CNc2nn[nH]n2)ccc1OCc1nnnn1-c1ccc(C)cc1. The minimum absolute atomic E-state index is 0.192. The lowest BCUT2D eigenvalue weighted by Crippen LogP contribution is -2.08. The van der Waals surface area contributed by atoms with Crippen molar-refractivity contribution in [2.75, 3.05) is 12.4 Å². The fourth-order valence-electron chi connectivity index (χ4n) is 2.68. The predicted molar refractivity (Wildman–Crippen MR) is 103 cm³/mol. The van der Waals surface area contributed by atoms with Crippen LogP contribution < -0.4 is 14.8 Å². The lowest BCUT2D eigenvalue weighted by Gasteiger charge is -2.12. The second-order valence-corrected chi connectivity index (χ2v) is 6.21. The van der Waals surface area contributed by atoms with Gasteiger partial charge in [0.1, 0.15) is 0 Å². The van der Waals surface area contributed by atoms with Crippen LogP contribution in [0.25, 0.3) is 5.69 Å². The van der Waals surface area contributed by atoms with Crippen LogP contribution in [-0.2, 0) is 13.2 Å². The number of ether oxygens (including phenoxy) is 2. The van der Waals surface area contributed by atoms with Gasteiger partial charge in [-0.1, -0.05) is 28.9 Å². The van der Waals surface area contributed by atoms with Crippen LogP contribution in [0.1, 0.15) is 17.0 Å². The summed E-state index contributed by atoms with van der Waals surface area (Å²) in [7, 11) is 1.59. The first kappa shape index (κ1) is 18.3. The molecule has 2 aromatic carbocycles. The first-order valence-corrected chi connectivity index (χ1v) is 8.84. The van der Waals surface area contributed by atoms with Crippen molar-refractivity contribution in [2.24, 2.45) is 0 Å². The standard InChI is InChI=1S/C18H19N9O2/c1-12-3-6-14(7-4-12)27-17(20-25-26-27)11-29-15-8-5-13(9-16(15)28-2)10-19-18-21-23-24-22-18/h3-9H,10-11H2,1-2H3,(H2,19,21,22,23,24). The van der Waals surface area contributed by atoms with Crippen LogP contribution in [0.4, 0.5) is 5.95 Å². The average Bonchev–Trinajstić information content (AvgIpc) is 3.43. The molecule has 0 aliphatic rings. The lowest BCUT2D eigenvalue weighted by molar-refractivity contribution is 0.273. The summed E-state index contributed by atoms with van der Waals surface area (Å²) < 4.78 is 13.0. The first-order valence-electron chi connectivity index (χ1n) is 8.84. The van der Waals surface area contributed by atoms with Gasteiger partial charge in [0.05, 0.1) is 12.8 Å². The summed E-state index contributed by atoms with van der Waals surface area (Å²) in [5, 5.41) is 28.5. The van der Waals surface area contributed by atoms with E-state index >= 15 is 0 Å². The van der Waals surface area contributed by atoms with E-state index in [1.54, 1.807) is 11.8 Å². The van der Waals surface area contributed by atoms with E-state index in [2.05, 4.69) is 41.5 Å². The average molecular weight is 393 g/mol. The summed E-state index contributed by atoms with van der Waals surface area (Å²) in [6, 6.07) is 13.6. The minimum atomic E-state index is 0.192. The van der Waals surface area contributed by atoms with Gasteiger partial charge in [0.15, 0.2) is 23.9 Å². The molecule has 0 aliphatic heterocycles. The zero-order valence-corrected chi connectivity index (χ0v) is 15.9. The smallest absolute Gasteiger partial charge is 0.263 e. The Balaban J connectivity index is 1.44. The van der Waals surface area contributed by atoms with E-state index in [0.29, 0.717) is 29.8 Å². The lowest BCUT2D eigenvalue weighted by atomic mass is 10.2. The number of methoxy groups -OCH3 is 1. The van der Waals surface area contributed by atoms with E-state index in [0.717, 1.165) is 11.3 Å². The zero-order valence-electron chi connectivity index (χ0n) is 15.9. The van der Waals surface area contributed by atoms with E-state index < -0.39 is 0 Å². The third-order valence-electron chi connectivity index (χ3n) is 4.19. The van der Waals surface area contributed by atoms with Crippen molar-refractivity contribution < 1.29 is 9.47 Å². The van der Waals surface area contributed by atoms with Crippen molar-refractivity contribution in [3.05, 3.63) is 59.4 Å². The summed E-state index contributed by atoms with van der Waals surface area (Å²) in [5.74, 6) is 2.20. The van der Waals surface area contributed by atoms with Gasteiger partial charge in [0, 0.05) is 6.54 Å². The molecule has 0 aliphatic carbocycles. The molecule has 4 rings (SSSR count). The fraction of sp³-hybridized carbons (Fsp3) is 0.222. The number of hydrogen-bond acceptors (Lipinski definition) is 9. The Morgan fingerprint density at radius 2 is 1.93 bits per heavy atom. The second-order valence-electron chi connectivity index (χ2n) is 6.21. The predicted octanol–water partition coefficient (Wildman–Crippen LogP) is 1.68. The topological polar surface area (TPSA) is 129 Å². The van der Waals surface area contributed by atoms with E-state index in [9.17, 15) is 0 Å². The minimum Gasteiger partial charge on any atom is -0.493 e. The molecule has 0 saturated carbocycles. The number of aromatic amines is 1. The number of anilines is 1. The Morgan fingerprint density at radius 1 is 1.07 bits per heavy atom. The molecule has 0 amide bonds. The quantitative estimate of drug-likeness (QED) is 0.459. The van der Waals surface area contributed by atoms with Gasteiger partial charge in [-0.05, 0) is 52.4 Å². The number of H-pyrrole nitrogens is 1. The molecule has 0 fully saturated rings. The highest BCUT2D eigenvalue weighted by atomic mass is 16.5. The molecule has 0 unspecified atom stereocenters. The van der Waals surface area contributed by atoms with Gasteiger partial charge < -0.3 is 14.8 Å². The van der Waals surface area contributed by atoms with Gasteiger partial charge in [0.25, 0.3) is 5.95 Å². The molecular weight excluding hydrogens is 374 g/mol. The maximum atomic E-state index is 5.92. The molecule has 148 valence electrons. The van der Waals surface area contributed by atoms with Crippen LogP contribution in [0.2, 0.25) is 0 Å². The number of nitrogens with one attached hydrogen (secondary N) is 2. The summed E-state index contributed by atoms with van der Waals surface area (Å²) >= 11 is 0. The van der Waals surface area contributed by atoms with Crippen LogP contribution in [0.5, 0.6) is 11.5 Å². The van der Waals surface area contributed by atoms with Crippen molar-refractivity contribution in [1.29, 1.82) is 0 Å². The van der Waals surface area contributed by atoms with Gasteiger partial charge in [0.2, 0.25) is 0 Å². The first-order chi connectivity index (χ1) is 14.2. The maximum absolute atomic E-state index is 5.92. The Bertz CT molecular complexity index is 1060. The Hall–Kier alpha value is -4.02. The molecule has 0 spiro atoms. The Labute approximate surface area is 166 Å². The number of rotatable bonds is 8. The van der Waals surface area contributed by atoms with Crippen LogP contribution >= 0.6 is 0 Å². The summed E-state index contributed by atoms with van der Waals surface area (Å²) in [6.07, 6.45) is 0. The van der Waals surface area contributed by atoms with Crippen LogP contribution in [0, 0.1) is 6.92 Å². The molecule has 0 radical (unpaired) electrons. The largest absolute Gasteiger partial charge is 0.493 e. The van der Waals surface area contributed by atoms with E-state index in [-0.39, 0.29) is 6.61 Å². The summed E-state index contributed by atoms with van der Waals surface area (Å²) in [4.78, 5) is 0. The van der Waals surface area contributed by atoms with Crippen molar-refractivity contribution in [1.82, 2.24) is 40.8 Å². The molecule has 4 aromatic rings. The highest BCUT2D eigenvalue weighted by molar-refractivity contribution is 5.44. The monoisotopic (exact) mass is 393 g/mol. The molecule has 2 heterocycles. The van der Waals surface area contributed by atoms with Gasteiger partial charge in [-0.25, -0.2) is 0 Å². The number of aromatic nitrogens is 8. The zero-order chi connectivity index (χ0) is 20.1. The molecular formula is C18H19N9O2. The molecule has 2 N–H and O–H groups in total. The van der Waals surface area contributed by atoms with Crippen molar-refractivity contribution in [3.63, 3.8) is 0 Å². The van der Waals surface area contributed by atoms with E-state index in [1.807, 2.05) is 49.4 Å². The highest BCUT2D eigenvalue weighted by Crippen LogP contribution is 2.29. The Kier molecular flexibility index (Phi) is 5.27. The molecule has 0 atom stereocenters. The van der Waals surface area contributed by atoms with Gasteiger partial charge in [-0.2, -0.15) is 9.90 Å². The number of tetrazole rings is 2. The normalized spacial score (nSPS) is 10.7. The molecule has 11 nitrogen and oxygen atoms in total. The van der Waals surface area contributed by atoms with Crippen molar-refractivity contribution in [2.45, 2.75) is 20.1 Å². The third-order valence-corrected chi connectivity index (χ3v) is 4.19. The number of hydrogen-bond donors (Lipinski definition) is 2. The Morgan fingerprint density at radius 3 is 2.69 bits per heavy atom. The number of nitrogens with zero attached hydrogens (tertiary/aromatic N) is 7. The molecule has 2 aromatic heterocycles. The number of aryl methyl sites for hydroxylation is 1. The third kappa shape index (κ3) is 4.29.